The zero-order valence-corrected chi connectivity index (χ0v) is 11.6. The molecule has 1 heterocycles. The van der Waals surface area contributed by atoms with Crippen molar-refractivity contribution in [2.45, 2.75) is 6.54 Å². The number of hydrogen-bond acceptors (Lipinski definition) is 3. The first-order valence-corrected chi connectivity index (χ1v) is 5.12. The third kappa shape index (κ3) is 3.60. The number of rotatable bonds is 3. The molecule has 0 saturated heterocycles. The molecule has 0 bridgehead atoms. The summed E-state index contributed by atoms with van der Waals surface area (Å²) in [6.45, 7) is 0.509. The Morgan fingerprint density at radius 1 is 1.22 bits per heavy atom. The maximum absolute atomic E-state index is 5.70. The summed E-state index contributed by atoms with van der Waals surface area (Å²) in [4.78, 5) is 4.13. The quantitative estimate of drug-likeness (QED) is 0.943. The molecule has 5 heteroatoms. The van der Waals surface area contributed by atoms with Gasteiger partial charge in [-0.2, -0.15) is 0 Å². The lowest BCUT2D eigenvalue weighted by atomic mass is 10.0. The van der Waals surface area contributed by atoms with Gasteiger partial charge in [0.05, 0.1) is 7.11 Å². The van der Waals surface area contributed by atoms with Gasteiger partial charge in [-0.15, -0.1) is 24.8 Å². The highest BCUT2D eigenvalue weighted by molar-refractivity contribution is 5.85. The van der Waals surface area contributed by atoms with Crippen LogP contribution < -0.4 is 10.5 Å². The van der Waals surface area contributed by atoms with E-state index in [0.29, 0.717) is 6.54 Å². The van der Waals surface area contributed by atoms with Crippen LogP contribution in [0.5, 0.6) is 5.75 Å². The minimum Gasteiger partial charge on any atom is -0.497 e. The molecule has 0 spiro atoms. The van der Waals surface area contributed by atoms with Crippen molar-refractivity contribution in [3.8, 4) is 16.9 Å². The van der Waals surface area contributed by atoms with Crippen LogP contribution >= 0.6 is 24.8 Å². The molecule has 3 nitrogen and oxygen atoms in total. The average molecular weight is 287 g/mol. The number of aromatic nitrogens is 1. The molecule has 2 N–H and O–H groups in total. The molecule has 0 amide bonds. The fourth-order valence-electron chi connectivity index (χ4n) is 1.65. The van der Waals surface area contributed by atoms with Gasteiger partial charge in [0.1, 0.15) is 5.75 Å². The predicted molar refractivity (Wildman–Crippen MR) is 78.6 cm³/mol. The van der Waals surface area contributed by atoms with Crippen LogP contribution in [0.4, 0.5) is 0 Å². The summed E-state index contributed by atoms with van der Waals surface area (Å²) in [5.41, 5.74) is 8.92. The van der Waals surface area contributed by atoms with Crippen molar-refractivity contribution in [2.24, 2.45) is 5.73 Å². The van der Waals surface area contributed by atoms with Gasteiger partial charge in [-0.1, -0.05) is 12.1 Å². The number of methoxy groups -OCH3 is 1. The first-order valence-electron chi connectivity index (χ1n) is 5.12. The highest BCUT2D eigenvalue weighted by Crippen LogP contribution is 2.25. The molecule has 0 aliphatic carbocycles. The topological polar surface area (TPSA) is 48.1 Å². The van der Waals surface area contributed by atoms with Crippen molar-refractivity contribution < 1.29 is 4.74 Å². The van der Waals surface area contributed by atoms with Gasteiger partial charge in [-0.25, -0.2) is 0 Å². The van der Waals surface area contributed by atoms with Crippen molar-refractivity contribution in [1.82, 2.24) is 4.98 Å². The second-order valence-corrected chi connectivity index (χ2v) is 3.47. The maximum atomic E-state index is 5.70. The molecule has 0 radical (unpaired) electrons. The SMILES string of the molecule is COc1cccc(-c2cnccc2CN)c1.Cl.Cl. The van der Waals surface area contributed by atoms with Crippen LogP contribution in [0, 0.1) is 0 Å². The van der Waals surface area contributed by atoms with E-state index in [1.807, 2.05) is 36.5 Å². The summed E-state index contributed by atoms with van der Waals surface area (Å²) in [6.07, 6.45) is 3.59. The molecule has 2 aromatic rings. The van der Waals surface area contributed by atoms with Gasteiger partial charge in [0.2, 0.25) is 0 Å². The smallest absolute Gasteiger partial charge is 0.119 e. The first kappa shape index (κ1) is 16.7. The van der Waals surface area contributed by atoms with Gasteiger partial charge in [0.15, 0.2) is 0 Å². The highest BCUT2D eigenvalue weighted by Gasteiger charge is 2.04. The van der Waals surface area contributed by atoms with E-state index in [1.165, 1.54) is 0 Å². The van der Waals surface area contributed by atoms with Crippen LogP contribution in [0.3, 0.4) is 0 Å². The van der Waals surface area contributed by atoms with Gasteiger partial charge in [0.25, 0.3) is 0 Å². The fourth-order valence-corrected chi connectivity index (χ4v) is 1.65. The van der Waals surface area contributed by atoms with E-state index < -0.39 is 0 Å². The molecule has 1 aromatic carbocycles. The summed E-state index contributed by atoms with van der Waals surface area (Å²) >= 11 is 0. The van der Waals surface area contributed by atoms with E-state index in [1.54, 1.807) is 13.3 Å². The summed E-state index contributed by atoms with van der Waals surface area (Å²) in [5, 5.41) is 0. The number of nitrogens with zero attached hydrogens (tertiary/aromatic N) is 1. The third-order valence-electron chi connectivity index (χ3n) is 2.51. The van der Waals surface area contributed by atoms with Gasteiger partial charge >= 0.3 is 0 Å². The van der Waals surface area contributed by atoms with Gasteiger partial charge < -0.3 is 10.5 Å². The minimum absolute atomic E-state index is 0. The van der Waals surface area contributed by atoms with E-state index in [-0.39, 0.29) is 24.8 Å². The Morgan fingerprint density at radius 3 is 2.67 bits per heavy atom. The summed E-state index contributed by atoms with van der Waals surface area (Å²) < 4.78 is 5.20. The standard InChI is InChI=1S/C13H14N2O.2ClH/c1-16-12-4-2-3-10(7-12)13-9-15-6-5-11(13)8-14;;/h2-7,9H,8,14H2,1H3;2*1H. The van der Waals surface area contributed by atoms with Crippen molar-refractivity contribution in [3.63, 3.8) is 0 Å². The van der Waals surface area contributed by atoms with E-state index in [4.69, 9.17) is 10.5 Å². The number of halogens is 2. The number of ether oxygens (including phenoxy) is 1. The van der Waals surface area contributed by atoms with E-state index in [0.717, 1.165) is 22.4 Å². The second kappa shape index (κ2) is 7.93. The summed E-state index contributed by atoms with van der Waals surface area (Å²) in [5.74, 6) is 0.837. The van der Waals surface area contributed by atoms with Crippen LogP contribution in [0.15, 0.2) is 42.7 Å². The third-order valence-corrected chi connectivity index (χ3v) is 2.51. The lowest BCUT2D eigenvalue weighted by Gasteiger charge is -2.08. The Labute approximate surface area is 119 Å². The molecule has 98 valence electrons. The molecule has 0 aliphatic rings. The molecular weight excluding hydrogens is 271 g/mol. The van der Waals surface area contributed by atoms with Gasteiger partial charge in [0, 0.05) is 24.5 Å². The first-order chi connectivity index (χ1) is 7.85. The predicted octanol–water partition coefficient (Wildman–Crippen LogP) is 3.06. The van der Waals surface area contributed by atoms with E-state index in [2.05, 4.69) is 4.98 Å². The van der Waals surface area contributed by atoms with Gasteiger partial charge in [-0.3, -0.25) is 4.98 Å². The van der Waals surface area contributed by atoms with E-state index >= 15 is 0 Å². The molecule has 2 rings (SSSR count). The number of nitrogens with two attached hydrogens (primary N) is 1. The van der Waals surface area contributed by atoms with Crippen LogP contribution in [0.25, 0.3) is 11.1 Å². The van der Waals surface area contributed by atoms with Crippen LogP contribution in [0.1, 0.15) is 5.56 Å². The normalized spacial score (nSPS) is 9.00. The maximum Gasteiger partial charge on any atom is 0.119 e. The number of pyridine rings is 1. The highest BCUT2D eigenvalue weighted by atomic mass is 35.5. The summed E-state index contributed by atoms with van der Waals surface area (Å²) in [7, 11) is 1.66. The lowest BCUT2D eigenvalue weighted by molar-refractivity contribution is 0.415. The van der Waals surface area contributed by atoms with Crippen molar-refractivity contribution in [2.75, 3.05) is 7.11 Å². The Bertz CT molecular complexity index is 492. The van der Waals surface area contributed by atoms with Crippen LogP contribution in [-0.4, -0.2) is 12.1 Å². The Hall–Kier alpha value is -1.29. The largest absolute Gasteiger partial charge is 0.497 e. The average Bonchev–Trinajstić information content (AvgIpc) is 2.38. The molecule has 0 atom stereocenters. The molecule has 1 aromatic heterocycles. The second-order valence-electron chi connectivity index (χ2n) is 3.47. The Kier molecular flexibility index (Phi) is 7.36. The summed E-state index contributed by atoms with van der Waals surface area (Å²) in [6, 6.07) is 9.83. The fraction of sp³-hybridized carbons (Fsp3) is 0.154. The zero-order chi connectivity index (χ0) is 11.4. The minimum atomic E-state index is 0. The Balaban J connectivity index is 0.00000144. The zero-order valence-electron chi connectivity index (χ0n) is 10.00. The molecule has 0 saturated carbocycles. The van der Waals surface area contributed by atoms with Crippen molar-refractivity contribution >= 4 is 24.8 Å². The monoisotopic (exact) mass is 286 g/mol. The van der Waals surface area contributed by atoms with Crippen molar-refractivity contribution in [1.29, 1.82) is 0 Å². The number of hydrogen-bond donors (Lipinski definition) is 1. The molecular formula is C13H16Cl2N2O. The van der Waals surface area contributed by atoms with Crippen molar-refractivity contribution in [3.05, 3.63) is 48.3 Å². The Morgan fingerprint density at radius 2 is 2.00 bits per heavy atom. The van der Waals surface area contributed by atoms with Gasteiger partial charge in [-0.05, 0) is 29.3 Å². The molecule has 18 heavy (non-hydrogen) atoms. The molecule has 0 fully saturated rings. The molecule has 0 unspecified atom stereocenters. The van der Waals surface area contributed by atoms with Crippen LogP contribution in [-0.2, 0) is 6.54 Å². The number of benzene rings is 1. The lowest BCUT2D eigenvalue weighted by Crippen LogP contribution is -1.99. The van der Waals surface area contributed by atoms with Crippen LogP contribution in [0.2, 0.25) is 0 Å². The van der Waals surface area contributed by atoms with E-state index in [9.17, 15) is 0 Å². The molecule has 0 aliphatic heterocycles.